The molecule has 142 valence electrons. The van der Waals surface area contributed by atoms with Crippen LogP contribution in [0.5, 0.6) is 0 Å². The molecular formula is C16H19F3N4O2S. The van der Waals surface area contributed by atoms with Gasteiger partial charge >= 0.3 is 12.1 Å². The summed E-state index contributed by atoms with van der Waals surface area (Å²) in [6, 6.07) is 3.11. The number of halogens is 3. The van der Waals surface area contributed by atoms with E-state index in [9.17, 15) is 18.0 Å². The molecule has 0 aliphatic heterocycles. The monoisotopic (exact) mass is 388 g/mol. The molecule has 0 spiro atoms. The highest BCUT2D eigenvalue weighted by Gasteiger charge is 2.33. The zero-order valence-corrected chi connectivity index (χ0v) is 15.2. The molecule has 1 unspecified atom stereocenters. The summed E-state index contributed by atoms with van der Waals surface area (Å²) >= 11 is 0.943. The molecule has 0 aromatic carbocycles. The number of unbranched alkanes of at least 4 members (excludes halogenated alkanes) is 1. The number of nitrogens with zero attached hydrogens (tertiary/aromatic N) is 4. The van der Waals surface area contributed by atoms with Gasteiger partial charge in [0.1, 0.15) is 11.8 Å². The first-order valence-corrected chi connectivity index (χ1v) is 8.88. The second-order valence-corrected chi connectivity index (χ2v) is 6.69. The number of rotatable bonds is 8. The van der Waals surface area contributed by atoms with E-state index in [1.54, 1.807) is 12.1 Å². The molecule has 0 bridgehead atoms. The van der Waals surface area contributed by atoms with Crippen molar-refractivity contribution in [3.05, 3.63) is 24.5 Å². The molecule has 1 atom stereocenters. The maximum absolute atomic E-state index is 13.1. The van der Waals surface area contributed by atoms with E-state index < -0.39 is 23.9 Å². The van der Waals surface area contributed by atoms with Crippen molar-refractivity contribution in [1.29, 1.82) is 0 Å². The second kappa shape index (κ2) is 9.02. The summed E-state index contributed by atoms with van der Waals surface area (Å²) in [4.78, 5) is 15.8. The third kappa shape index (κ3) is 5.45. The number of thioether (sulfide) groups is 1. The SMILES string of the molecule is CCCCC(Sc1nnc(-c2ccncc2)n1CC(F)(F)F)C(=O)OC. The third-order valence-corrected chi connectivity index (χ3v) is 4.75. The van der Waals surface area contributed by atoms with Gasteiger partial charge in [-0.1, -0.05) is 31.5 Å². The Hall–Kier alpha value is -2.10. The lowest BCUT2D eigenvalue weighted by molar-refractivity contribution is -0.141. The van der Waals surface area contributed by atoms with Crippen LogP contribution in [0.1, 0.15) is 26.2 Å². The minimum absolute atomic E-state index is 0.0284. The number of alkyl halides is 3. The molecule has 0 saturated heterocycles. The molecule has 6 nitrogen and oxygen atoms in total. The van der Waals surface area contributed by atoms with Crippen molar-refractivity contribution in [2.45, 2.75) is 49.3 Å². The van der Waals surface area contributed by atoms with Crippen LogP contribution in [0.2, 0.25) is 0 Å². The summed E-state index contributed by atoms with van der Waals surface area (Å²) < 4.78 is 44.9. The maximum Gasteiger partial charge on any atom is 0.406 e. The fourth-order valence-electron chi connectivity index (χ4n) is 2.29. The number of aromatic nitrogens is 4. The predicted octanol–water partition coefficient (Wildman–Crippen LogP) is 3.73. The van der Waals surface area contributed by atoms with Crippen LogP contribution in [0.3, 0.4) is 0 Å². The molecule has 0 fully saturated rings. The quantitative estimate of drug-likeness (QED) is 0.507. The average molecular weight is 388 g/mol. The van der Waals surface area contributed by atoms with E-state index in [0.29, 0.717) is 12.0 Å². The molecule has 0 N–H and O–H groups in total. The first kappa shape index (κ1) is 20.2. The Bertz CT molecular complexity index is 722. The summed E-state index contributed by atoms with van der Waals surface area (Å²) in [6.45, 7) is 0.717. The Morgan fingerprint density at radius 3 is 2.58 bits per heavy atom. The topological polar surface area (TPSA) is 69.9 Å². The highest BCUT2D eigenvalue weighted by atomic mass is 32.2. The summed E-state index contributed by atoms with van der Waals surface area (Å²) in [5.41, 5.74) is 0.465. The molecule has 0 aliphatic carbocycles. The van der Waals surface area contributed by atoms with Gasteiger partial charge in [0.2, 0.25) is 0 Å². The molecule has 0 saturated carbocycles. The van der Waals surface area contributed by atoms with Gasteiger partial charge in [-0.2, -0.15) is 13.2 Å². The highest BCUT2D eigenvalue weighted by molar-refractivity contribution is 8.00. The lowest BCUT2D eigenvalue weighted by atomic mass is 10.2. The number of pyridine rings is 1. The highest BCUT2D eigenvalue weighted by Crippen LogP contribution is 2.32. The average Bonchev–Trinajstić information content (AvgIpc) is 2.99. The van der Waals surface area contributed by atoms with Crippen LogP contribution in [-0.4, -0.2) is 44.3 Å². The Morgan fingerprint density at radius 2 is 2.00 bits per heavy atom. The van der Waals surface area contributed by atoms with Gasteiger partial charge in [0, 0.05) is 18.0 Å². The molecule has 2 aromatic heterocycles. The van der Waals surface area contributed by atoms with Crippen LogP contribution in [-0.2, 0) is 16.1 Å². The van der Waals surface area contributed by atoms with Crippen LogP contribution in [0.15, 0.2) is 29.7 Å². The van der Waals surface area contributed by atoms with E-state index in [2.05, 4.69) is 15.2 Å². The van der Waals surface area contributed by atoms with Crippen molar-refractivity contribution in [2.75, 3.05) is 7.11 Å². The fraction of sp³-hybridized carbons (Fsp3) is 0.500. The zero-order valence-electron chi connectivity index (χ0n) is 14.4. The molecule has 0 radical (unpaired) electrons. The maximum atomic E-state index is 13.1. The largest absolute Gasteiger partial charge is 0.468 e. The predicted molar refractivity (Wildman–Crippen MR) is 90.5 cm³/mol. The van der Waals surface area contributed by atoms with E-state index in [1.807, 2.05) is 6.92 Å². The smallest absolute Gasteiger partial charge is 0.406 e. The normalized spacial score (nSPS) is 12.8. The van der Waals surface area contributed by atoms with Gasteiger partial charge in [0.25, 0.3) is 0 Å². The van der Waals surface area contributed by atoms with Gasteiger partial charge < -0.3 is 4.74 Å². The number of hydrogen-bond acceptors (Lipinski definition) is 6. The van der Waals surface area contributed by atoms with Crippen molar-refractivity contribution in [2.24, 2.45) is 0 Å². The minimum Gasteiger partial charge on any atom is -0.468 e. The molecule has 26 heavy (non-hydrogen) atoms. The molecule has 2 heterocycles. The molecule has 10 heteroatoms. The number of esters is 1. The summed E-state index contributed by atoms with van der Waals surface area (Å²) in [6.07, 6.45) is 0.560. The Kier molecular flexibility index (Phi) is 7.01. The minimum atomic E-state index is -4.45. The van der Waals surface area contributed by atoms with Gasteiger partial charge in [0.15, 0.2) is 11.0 Å². The van der Waals surface area contributed by atoms with Crippen LogP contribution in [0.25, 0.3) is 11.4 Å². The lowest BCUT2D eigenvalue weighted by Crippen LogP contribution is -2.22. The first-order valence-electron chi connectivity index (χ1n) is 8.00. The Labute approximate surface area is 153 Å². The van der Waals surface area contributed by atoms with Crippen LogP contribution < -0.4 is 0 Å². The first-order chi connectivity index (χ1) is 12.4. The molecule has 2 rings (SSSR count). The fourth-order valence-corrected chi connectivity index (χ4v) is 3.38. The Morgan fingerprint density at radius 1 is 1.31 bits per heavy atom. The van der Waals surface area contributed by atoms with Gasteiger partial charge in [-0.25, -0.2) is 0 Å². The lowest BCUT2D eigenvalue weighted by Gasteiger charge is -2.16. The van der Waals surface area contributed by atoms with Gasteiger partial charge in [-0.3, -0.25) is 14.3 Å². The number of methoxy groups -OCH3 is 1. The van der Waals surface area contributed by atoms with Crippen molar-refractivity contribution >= 4 is 17.7 Å². The van der Waals surface area contributed by atoms with Crippen LogP contribution in [0, 0.1) is 0 Å². The van der Waals surface area contributed by atoms with E-state index >= 15 is 0 Å². The van der Waals surface area contributed by atoms with Crippen molar-refractivity contribution in [1.82, 2.24) is 19.7 Å². The number of carbonyl (C=O) groups excluding carboxylic acids is 1. The summed E-state index contributed by atoms with van der Waals surface area (Å²) in [5, 5.41) is 7.18. The van der Waals surface area contributed by atoms with Gasteiger partial charge in [-0.05, 0) is 18.6 Å². The third-order valence-electron chi connectivity index (χ3n) is 3.52. The molecule has 2 aromatic rings. The van der Waals surface area contributed by atoms with E-state index in [1.165, 1.54) is 19.5 Å². The van der Waals surface area contributed by atoms with Crippen LogP contribution in [0.4, 0.5) is 13.2 Å². The van der Waals surface area contributed by atoms with E-state index in [-0.39, 0.29) is 11.0 Å². The standard InChI is InChI=1S/C16H19F3N4O2S/c1-3-4-5-12(14(24)25-2)26-15-22-21-13(11-6-8-20-9-7-11)23(15)10-16(17,18)19/h6-9,12H,3-5,10H2,1-2H3. The molecule has 0 amide bonds. The van der Waals surface area contributed by atoms with Crippen LogP contribution >= 0.6 is 11.8 Å². The zero-order chi connectivity index (χ0) is 19.2. The summed E-state index contributed by atoms with van der Waals surface area (Å²) in [7, 11) is 1.25. The molecule has 0 aliphatic rings. The van der Waals surface area contributed by atoms with Gasteiger partial charge in [0.05, 0.1) is 7.11 Å². The van der Waals surface area contributed by atoms with Gasteiger partial charge in [-0.15, -0.1) is 10.2 Å². The van der Waals surface area contributed by atoms with E-state index in [0.717, 1.165) is 29.2 Å². The number of carbonyl (C=O) groups is 1. The van der Waals surface area contributed by atoms with Crippen molar-refractivity contribution < 1.29 is 22.7 Å². The van der Waals surface area contributed by atoms with Crippen molar-refractivity contribution in [3.63, 3.8) is 0 Å². The summed E-state index contributed by atoms with van der Waals surface area (Å²) in [5.74, 6) is -0.415. The second-order valence-electron chi connectivity index (χ2n) is 5.52. The van der Waals surface area contributed by atoms with Crippen molar-refractivity contribution in [3.8, 4) is 11.4 Å². The Balaban J connectivity index is 2.37. The van der Waals surface area contributed by atoms with E-state index in [4.69, 9.17) is 4.74 Å². The molecular weight excluding hydrogens is 369 g/mol. The number of hydrogen-bond donors (Lipinski definition) is 0. The number of ether oxygens (including phenoxy) is 1.